The van der Waals surface area contributed by atoms with E-state index in [2.05, 4.69) is 10.3 Å². The van der Waals surface area contributed by atoms with Gasteiger partial charge in [0.2, 0.25) is 5.89 Å². The molecule has 3 rings (SSSR count). The summed E-state index contributed by atoms with van der Waals surface area (Å²) in [5, 5.41) is 2.69. The van der Waals surface area contributed by atoms with Gasteiger partial charge in [-0.2, -0.15) is 0 Å². The normalized spacial score (nSPS) is 10.7. The van der Waals surface area contributed by atoms with Gasteiger partial charge in [-0.3, -0.25) is 4.79 Å². The number of halogens is 2. The highest BCUT2D eigenvalue weighted by atomic mass is 19.1. The molecule has 0 saturated heterocycles. The van der Waals surface area contributed by atoms with Crippen molar-refractivity contribution in [1.82, 2.24) is 10.3 Å². The van der Waals surface area contributed by atoms with Crippen LogP contribution in [0.2, 0.25) is 0 Å². The maximum Gasteiger partial charge on any atom is 0.273 e. The Morgan fingerprint density at radius 1 is 1.12 bits per heavy atom. The number of amides is 1. The van der Waals surface area contributed by atoms with Gasteiger partial charge < -0.3 is 9.73 Å². The van der Waals surface area contributed by atoms with Crippen molar-refractivity contribution in [2.75, 3.05) is 6.54 Å². The lowest BCUT2D eigenvalue weighted by Crippen LogP contribution is -2.26. The molecule has 1 aromatic heterocycles. The van der Waals surface area contributed by atoms with Gasteiger partial charge in [-0.05, 0) is 43.2 Å². The number of carbonyl (C=O) groups excluding carboxylic acids is 1. The summed E-state index contributed by atoms with van der Waals surface area (Å²) in [4.78, 5) is 16.5. The minimum absolute atomic E-state index is 0.198. The van der Waals surface area contributed by atoms with Crippen molar-refractivity contribution in [3.05, 3.63) is 77.2 Å². The molecule has 0 aliphatic heterocycles. The fourth-order valence-electron chi connectivity index (χ4n) is 2.47. The zero-order chi connectivity index (χ0) is 17.8. The number of aromatic nitrogens is 1. The summed E-state index contributed by atoms with van der Waals surface area (Å²) in [5.74, 6) is -0.883. The molecule has 0 fully saturated rings. The Hall–Kier alpha value is -3.02. The van der Waals surface area contributed by atoms with E-state index in [0.29, 0.717) is 23.6 Å². The average Bonchev–Trinajstić information content (AvgIpc) is 2.97. The number of aryl methyl sites for hydroxylation is 1. The van der Waals surface area contributed by atoms with Crippen LogP contribution < -0.4 is 5.32 Å². The Kier molecular flexibility index (Phi) is 4.88. The summed E-state index contributed by atoms with van der Waals surface area (Å²) in [5.41, 5.74) is 1.45. The molecule has 0 spiro atoms. The van der Waals surface area contributed by atoms with E-state index in [1.165, 1.54) is 12.1 Å². The first kappa shape index (κ1) is 16.8. The van der Waals surface area contributed by atoms with Crippen LogP contribution in [-0.2, 0) is 6.42 Å². The molecule has 6 heteroatoms. The Labute approximate surface area is 143 Å². The monoisotopic (exact) mass is 342 g/mol. The van der Waals surface area contributed by atoms with Crippen LogP contribution in [0.15, 0.2) is 52.9 Å². The van der Waals surface area contributed by atoms with Gasteiger partial charge in [0.05, 0.1) is 0 Å². The highest BCUT2D eigenvalue weighted by Gasteiger charge is 2.17. The Morgan fingerprint density at radius 3 is 2.48 bits per heavy atom. The molecule has 128 valence electrons. The van der Waals surface area contributed by atoms with Crippen molar-refractivity contribution in [3.63, 3.8) is 0 Å². The van der Waals surface area contributed by atoms with E-state index in [4.69, 9.17) is 4.42 Å². The van der Waals surface area contributed by atoms with Crippen molar-refractivity contribution in [2.45, 2.75) is 13.3 Å². The van der Waals surface area contributed by atoms with Crippen LogP contribution >= 0.6 is 0 Å². The molecule has 1 amide bonds. The Bertz CT molecular complexity index is 871. The molecule has 0 aliphatic carbocycles. The lowest BCUT2D eigenvalue weighted by molar-refractivity contribution is 0.0948. The Balaban J connectivity index is 1.64. The van der Waals surface area contributed by atoms with Crippen molar-refractivity contribution in [2.24, 2.45) is 0 Å². The molecule has 0 unspecified atom stereocenters. The fourth-order valence-corrected chi connectivity index (χ4v) is 2.47. The van der Waals surface area contributed by atoms with Gasteiger partial charge in [-0.15, -0.1) is 0 Å². The van der Waals surface area contributed by atoms with E-state index >= 15 is 0 Å². The summed E-state index contributed by atoms with van der Waals surface area (Å²) in [6, 6.07) is 12.6. The predicted molar refractivity (Wildman–Crippen MR) is 89.1 cm³/mol. The molecular formula is C19H16F2N2O2. The maximum atomic E-state index is 13.1. The largest absolute Gasteiger partial charge is 0.441 e. The summed E-state index contributed by atoms with van der Waals surface area (Å²) >= 11 is 0. The molecule has 1 heterocycles. The topological polar surface area (TPSA) is 55.1 Å². The van der Waals surface area contributed by atoms with E-state index in [0.717, 1.165) is 11.6 Å². The lowest BCUT2D eigenvalue weighted by atomic mass is 10.1. The number of nitrogens with zero attached hydrogens (tertiary/aromatic N) is 1. The van der Waals surface area contributed by atoms with Crippen LogP contribution in [0.4, 0.5) is 8.78 Å². The molecule has 4 nitrogen and oxygen atoms in total. The van der Waals surface area contributed by atoms with Gasteiger partial charge in [0.15, 0.2) is 5.69 Å². The van der Waals surface area contributed by atoms with Crippen molar-refractivity contribution >= 4 is 5.91 Å². The van der Waals surface area contributed by atoms with Crippen LogP contribution in [0.25, 0.3) is 11.5 Å². The summed E-state index contributed by atoms with van der Waals surface area (Å²) < 4.78 is 31.8. The molecule has 0 aliphatic rings. The minimum atomic E-state index is -0.638. The predicted octanol–water partition coefficient (Wildman–Crippen LogP) is 3.90. The number of benzene rings is 2. The third-order valence-electron chi connectivity index (χ3n) is 3.65. The molecular weight excluding hydrogens is 326 g/mol. The van der Waals surface area contributed by atoms with Crippen molar-refractivity contribution < 1.29 is 18.0 Å². The fraction of sp³-hybridized carbons (Fsp3) is 0.158. The van der Waals surface area contributed by atoms with Gasteiger partial charge in [0.25, 0.3) is 5.91 Å². The zero-order valence-electron chi connectivity index (χ0n) is 13.6. The standard InChI is InChI=1S/C19H16F2N2O2/c1-12-17(23-19(25-12)14-5-3-2-4-6-14)18(24)22-8-7-13-9-15(20)11-16(21)10-13/h2-6,9-11H,7-8H2,1H3,(H,22,24). The average molecular weight is 342 g/mol. The second-order valence-electron chi connectivity index (χ2n) is 5.57. The van der Waals surface area contributed by atoms with E-state index in [1.54, 1.807) is 6.92 Å². The van der Waals surface area contributed by atoms with Gasteiger partial charge in [-0.25, -0.2) is 13.8 Å². The van der Waals surface area contributed by atoms with Crippen LogP contribution in [0.1, 0.15) is 21.8 Å². The number of hydrogen-bond acceptors (Lipinski definition) is 3. The van der Waals surface area contributed by atoms with Gasteiger partial charge >= 0.3 is 0 Å². The maximum absolute atomic E-state index is 13.1. The number of rotatable bonds is 5. The second kappa shape index (κ2) is 7.25. The molecule has 2 aromatic carbocycles. The highest BCUT2D eigenvalue weighted by Crippen LogP contribution is 2.21. The van der Waals surface area contributed by atoms with Crippen LogP contribution in [0.5, 0.6) is 0 Å². The third kappa shape index (κ3) is 4.09. The quantitative estimate of drug-likeness (QED) is 0.765. The Morgan fingerprint density at radius 2 is 1.80 bits per heavy atom. The number of oxazole rings is 1. The second-order valence-corrected chi connectivity index (χ2v) is 5.57. The molecule has 0 saturated carbocycles. The first-order valence-electron chi connectivity index (χ1n) is 7.79. The highest BCUT2D eigenvalue weighted by molar-refractivity contribution is 5.93. The molecule has 0 atom stereocenters. The number of hydrogen-bond donors (Lipinski definition) is 1. The zero-order valence-corrected chi connectivity index (χ0v) is 13.6. The summed E-state index contributed by atoms with van der Waals surface area (Å²) in [6.45, 7) is 1.89. The van der Waals surface area contributed by atoms with E-state index in [1.807, 2.05) is 30.3 Å². The smallest absolute Gasteiger partial charge is 0.273 e. The van der Waals surface area contributed by atoms with Crippen LogP contribution in [0, 0.1) is 18.6 Å². The van der Waals surface area contributed by atoms with E-state index < -0.39 is 11.6 Å². The van der Waals surface area contributed by atoms with Crippen molar-refractivity contribution in [3.8, 4) is 11.5 Å². The van der Waals surface area contributed by atoms with E-state index in [9.17, 15) is 13.6 Å². The first-order valence-corrected chi connectivity index (χ1v) is 7.79. The van der Waals surface area contributed by atoms with E-state index in [-0.39, 0.29) is 18.1 Å². The molecule has 1 N–H and O–H groups in total. The molecule has 3 aromatic rings. The minimum Gasteiger partial charge on any atom is -0.441 e. The van der Waals surface area contributed by atoms with Crippen molar-refractivity contribution in [1.29, 1.82) is 0 Å². The summed E-state index contributed by atoms with van der Waals surface area (Å²) in [6.07, 6.45) is 0.308. The molecule has 25 heavy (non-hydrogen) atoms. The number of carbonyl (C=O) groups is 1. The van der Waals surface area contributed by atoms with Crippen LogP contribution in [-0.4, -0.2) is 17.4 Å². The first-order chi connectivity index (χ1) is 12.0. The third-order valence-corrected chi connectivity index (χ3v) is 3.65. The SMILES string of the molecule is Cc1oc(-c2ccccc2)nc1C(=O)NCCc1cc(F)cc(F)c1. The van der Waals surface area contributed by atoms with Gasteiger partial charge in [0.1, 0.15) is 17.4 Å². The van der Waals surface area contributed by atoms with Crippen LogP contribution in [0.3, 0.4) is 0 Å². The number of nitrogens with one attached hydrogen (secondary N) is 1. The summed E-state index contributed by atoms with van der Waals surface area (Å²) in [7, 11) is 0. The van der Waals surface area contributed by atoms with Gasteiger partial charge in [-0.1, -0.05) is 18.2 Å². The molecule has 0 bridgehead atoms. The van der Waals surface area contributed by atoms with Gasteiger partial charge in [0, 0.05) is 18.2 Å². The molecule has 0 radical (unpaired) electrons. The lowest BCUT2D eigenvalue weighted by Gasteiger charge is -2.04.